The molecule has 0 radical (unpaired) electrons. The fourth-order valence-corrected chi connectivity index (χ4v) is 3.38. The van der Waals surface area contributed by atoms with Crippen molar-refractivity contribution in [2.75, 3.05) is 6.54 Å². The van der Waals surface area contributed by atoms with E-state index in [1.54, 1.807) is 0 Å². The van der Waals surface area contributed by atoms with Crippen molar-refractivity contribution in [1.29, 1.82) is 0 Å². The first-order valence-corrected chi connectivity index (χ1v) is 8.47. The molecule has 0 aliphatic rings. The maximum Gasteiger partial charge on any atom is 0.418 e. The van der Waals surface area contributed by atoms with Gasteiger partial charge in [-0.3, -0.25) is 0 Å². The van der Waals surface area contributed by atoms with Crippen LogP contribution in [0.25, 0.3) is 22.2 Å². The number of benzene rings is 2. The molecule has 0 bridgehead atoms. The van der Waals surface area contributed by atoms with Crippen LogP contribution in [0.3, 0.4) is 0 Å². The third kappa shape index (κ3) is 3.53. The van der Waals surface area contributed by atoms with Gasteiger partial charge in [-0.15, -0.1) is 0 Å². The van der Waals surface area contributed by atoms with Crippen molar-refractivity contribution in [3.8, 4) is 11.3 Å². The van der Waals surface area contributed by atoms with Crippen LogP contribution in [0, 0.1) is 0 Å². The lowest BCUT2D eigenvalue weighted by Gasteiger charge is -2.09. The van der Waals surface area contributed by atoms with Gasteiger partial charge in [-0.05, 0) is 49.1 Å². The topological polar surface area (TPSA) is 41.8 Å². The molecule has 0 saturated carbocycles. The van der Waals surface area contributed by atoms with E-state index in [4.69, 9.17) is 17.3 Å². The fourth-order valence-electron chi connectivity index (χ4n) is 3.11. The van der Waals surface area contributed by atoms with E-state index in [1.807, 2.05) is 30.3 Å². The fraction of sp³-hybridized carbons (Fsp3) is 0.263. The van der Waals surface area contributed by atoms with E-state index in [2.05, 4.69) is 4.98 Å². The van der Waals surface area contributed by atoms with Crippen molar-refractivity contribution in [2.45, 2.75) is 25.4 Å². The van der Waals surface area contributed by atoms with Crippen LogP contribution >= 0.6 is 11.6 Å². The van der Waals surface area contributed by atoms with Crippen LogP contribution < -0.4 is 5.73 Å². The third-order valence-electron chi connectivity index (χ3n) is 4.26. The van der Waals surface area contributed by atoms with E-state index in [-0.39, 0.29) is 5.52 Å². The second-order valence-corrected chi connectivity index (χ2v) is 6.34. The molecule has 3 rings (SSSR count). The number of hydrogen-bond donors (Lipinski definition) is 2. The minimum Gasteiger partial charge on any atom is -0.354 e. The van der Waals surface area contributed by atoms with Gasteiger partial charge in [0, 0.05) is 11.1 Å². The summed E-state index contributed by atoms with van der Waals surface area (Å²) in [6.45, 7) is 0.546. The minimum atomic E-state index is -4.45. The van der Waals surface area contributed by atoms with Crippen LogP contribution in [0.4, 0.5) is 13.2 Å². The molecule has 2 aromatic carbocycles. The van der Waals surface area contributed by atoms with E-state index >= 15 is 0 Å². The number of fused-ring (bicyclic) bond motifs is 1. The van der Waals surface area contributed by atoms with Crippen LogP contribution in [0.5, 0.6) is 0 Å². The highest BCUT2D eigenvalue weighted by Crippen LogP contribution is 2.42. The summed E-state index contributed by atoms with van der Waals surface area (Å²) in [7, 11) is 0. The predicted molar refractivity (Wildman–Crippen MR) is 95.7 cm³/mol. The summed E-state index contributed by atoms with van der Waals surface area (Å²) in [6, 6.07) is 11.7. The summed E-state index contributed by atoms with van der Waals surface area (Å²) in [6.07, 6.45) is -2.24. The molecule has 3 N–H and O–H groups in total. The quantitative estimate of drug-likeness (QED) is 0.551. The second-order valence-electron chi connectivity index (χ2n) is 5.93. The Bertz CT molecular complexity index is 870. The Morgan fingerprint density at radius 2 is 1.72 bits per heavy atom. The highest BCUT2D eigenvalue weighted by atomic mass is 35.5. The lowest BCUT2D eigenvalue weighted by Crippen LogP contribution is -2.05. The standard InChI is InChI=1S/C19H18ClF3N2/c20-15-10-9-14(19(21,22)23)18-16(15)13(8-4-5-11-24)17(25-18)12-6-2-1-3-7-12/h1-3,6-7,9-10,25H,4-5,8,11,24H2. The molecular weight excluding hydrogens is 349 g/mol. The normalized spacial score (nSPS) is 12.0. The number of aromatic nitrogens is 1. The molecule has 0 aliphatic heterocycles. The van der Waals surface area contributed by atoms with Crippen molar-refractivity contribution in [3.05, 3.63) is 58.6 Å². The van der Waals surface area contributed by atoms with E-state index < -0.39 is 11.7 Å². The number of alkyl halides is 3. The van der Waals surface area contributed by atoms with Gasteiger partial charge in [0.25, 0.3) is 0 Å². The van der Waals surface area contributed by atoms with Crippen molar-refractivity contribution in [1.82, 2.24) is 4.98 Å². The molecule has 132 valence electrons. The molecule has 0 spiro atoms. The van der Waals surface area contributed by atoms with Gasteiger partial charge in [0.2, 0.25) is 0 Å². The maximum absolute atomic E-state index is 13.4. The molecule has 2 nitrogen and oxygen atoms in total. The van der Waals surface area contributed by atoms with Gasteiger partial charge in [-0.1, -0.05) is 41.9 Å². The van der Waals surface area contributed by atoms with Crippen molar-refractivity contribution >= 4 is 22.5 Å². The van der Waals surface area contributed by atoms with Crippen LogP contribution in [0.2, 0.25) is 5.02 Å². The van der Waals surface area contributed by atoms with E-state index in [1.165, 1.54) is 6.07 Å². The molecular formula is C19H18ClF3N2. The maximum atomic E-state index is 13.4. The van der Waals surface area contributed by atoms with Crippen LogP contribution in [-0.2, 0) is 12.6 Å². The number of nitrogens with one attached hydrogen (secondary N) is 1. The van der Waals surface area contributed by atoms with Gasteiger partial charge >= 0.3 is 6.18 Å². The molecule has 6 heteroatoms. The molecule has 0 fully saturated rings. The molecule has 1 heterocycles. The highest BCUT2D eigenvalue weighted by Gasteiger charge is 2.34. The van der Waals surface area contributed by atoms with Crippen LogP contribution in [-0.4, -0.2) is 11.5 Å². The zero-order valence-corrected chi connectivity index (χ0v) is 14.2. The minimum absolute atomic E-state index is 0.0431. The summed E-state index contributed by atoms with van der Waals surface area (Å²) < 4.78 is 40.3. The Kier molecular flexibility index (Phi) is 5.06. The van der Waals surface area contributed by atoms with Gasteiger partial charge < -0.3 is 10.7 Å². The van der Waals surface area contributed by atoms with Crippen molar-refractivity contribution in [2.24, 2.45) is 5.73 Å². The summed E-state index contributed by atoms with van der Waals surface area (Å²) in [5.74, 6) is 0. The Morgan fingerprint density at radius 1 is 1.00 bits per heavy atom. The number of nitrogens with two attached hydrogens (primary N) is 1. The molecule has 0 atom stereocenters. The SMILES string of the molecule is NCCCCc1c(-c2ccccc2)[nH]c2c(C(F)(F)F)ccc(Cl)c12. The molecule has 0 saturated heterocycles. The number of halogens is 4. The van der Waals surface area contributed by atoms with Gasteiger partial charge in [-0.25, -0.2) is 0 Å². The number of rotatable bonds is 5. The van der Waals surface area contributed by atoms with Gasteiger partial charge in [-0.2, -0.15) is 13.2 Å². The van der Waals surface area contributed by atoms with Gasteiger partial charge in [0.15, 0.2) is 0 Å². The first-order valence-electron chi connectivity index (χ1n) is 8.09. The van der Waals surface area contributed by atoms with E-state index in [0.717, 1.165) is 30.0 Å². The van der Waals surface area contributed by atoms with Crippen LogP contribution in [0.15, 0.2) is 42.5 Å². The Hall–Kier alpha value is -1.98. The molecule has 0 amide bonds. The Labute approximate surface area is 148 Å². The first-order chi connectivity index (χ1) is 11.9. The Morgan fingerprint density at radius 3 is 2.36 bits per heavy atom. The van der Waals surface area contributed by atoms with Crippen molar-refractivity contribution < 1.29 is 13.2 Å². The molecule has 1 aromatic heterocycles. The number of unbranched alkanes of at least 4 members (excludes halogenated alkanes) is 1. The summed E-state index contributed by atoms with van der Waals surface area (Å²) in [5, 5.41) is 0.775. The Balaban J connectivity index is 2.27. The van der Waals surface area contributed by atoms with E-state index in [0.29, 0.717) is 29.1 Å². The monoisotopic (exact) mass is 366 g/mol. The lowest BCUT2D eigenvalue weighted by molar-refractivity contribution is -0.136. The zero-order chi connectivity index (χ0) is 18.0. The number of aromatic amines is 1. The largest absolute Gasteiger partial charge is 0.418 e. The molecule has 0 unspecified atom stereocenters. The molecule has 3 aromatic rings. The lowest BCUT2D eigenvalue weighted by atomic mass is 9.99. The smallest absolute Gasteiger partial charge is 0.354 e. The first kappa shape index (κ1) is 17.8. The summed E-state index contributed by atoms with van der Waals surface area (Å²) in [5.41, 5.74) is 7.24. The molecule has 25 heavy (non-hydrogen) atoms. The van der Waals surface area contributed by atoms with E-state index in [9.17, 15) is 13.2 Å². The van der Waals surface area contributed by atoms with Crippen molar-refractivity contribution in [3.63, 3.8) is 0 Å². The highest BCUT2D eigenvalue weighted by molar-refractivity contribution is 6.36. The summed E-state index contributed by atoms with van der Waals surface area (Å²) in [4.78, 5) is 2.99. The number of H-pyrrole nitrogens is 1. The van der Waals surface area contributed by atoms with Gasteiger partial charge in [0.05, 0.1) is 16.1 Å². The van der Waals surface area contributed by atoms with Gasteiger partial charge in [0.1, 0.15) is 0 Å². The average Bonchev–Trinajstić information content (AvgIpc) is 2.95. The average molecular weight is 367 g/mol. The molecule has 0 aliphatic carbocycles. The number of aryl methyl sites for hydroxylation is 1. The predicted octanol–water partition coefficient (Wildman–Crippen LogP) is 5.79. The summed E-state index contributed by atoms with van der Waals surface area (Å²) >= 11 is 6.29. The zero-order valence-electron chi connectivity index (χ0n) is 13.5. The second kappa shape index (κ2) is 7.10. The third-order valence-corrected chi connectivity index (χ3v) is 4.57. The van der Waals surface area contributed by atoms with Crippen LogP contribution in [0.1, 0.15) is 24.0 Å². The number of hydrogen-bond acceptors (Lipinski definition) is 1.